The Hall–Kier alpha value is -1.83. The summed E-state index contributed by atoms with van der Waals surface area (Å²) < 4.78 is 0. The quantitative estimate of drug-likeness (QED) is 0.660. The standard InChI is InChI=1S/C15H18N2O2/c1-11-10-12(2-3-13(11)14(18)19)4-5-15(16)6-8-17-9-7-15/h2-3,10,17H,6-9,16H2,1H3,(H,18,19). The molecule has 1 aromatic carbocycles. The molecule has 4 N–H and O–H groups in total. The molecule has 0 unspecified atom stereocenters. The second-order valence-corrected chi connectivity index (χ2v) is 4.99. The number of carboxylic acids is 1. The van der Waals surface area contributed by atoms with Crippen molar-refractivity contribution in [3.63, 3.8) is 0 Å². The predicted molar refractivity (Wildman–Crippen MR) is 74.0 cm³/mol. The first-order chi connectivity index (χ1) is 9.00. The lowest BCUT2D eigenvalue weighted by molar-refractivity contribution is 0.0696. The van der Waals surface area contributed by atoms with Crippen molar-refractivity contribution in [1.29, 1.82) is 0 Å². The maximum Gasteiger partial charge on any atom is 0.335 e. The topological polar surface area (TPSA) is 75.3 Å². The van der Waals surface area contributed by atoms with Crippen LogP contribution in [0.5, 0.6) is 0 Å². The summed E-state index contributed by atoms with van der Waals surface area (Å²) in [5, 5.41) is 12.2. The number of carboxylic acid groups (broad SMARTS) is 1. The highest BCUT2D eigenvalue weighted by Gasteiger charge is 2.24. The van der Waals surface area contributed by atoms with E-state index in [1.54, 1.807) is 25.1 Å². The van der Waals surface area contributed by atoms with E-state index in [0.29, 0.717) is 5.56 Å². The van der Waals surface area contributed by atoms with Gasteiger partial charge in [-0.2, -0.15) is 0 Å². The minimum absolute atomic E-state index is 0.315. The molecule has 19 heavy (non-hydrogen) atoms. The normalized spacial score (nSPS) is 17.4. The van der Waals surface area contributed by atoms with Gasteiger partial charge in [-0.25, -0.2) is 4.79 Å². The van der Waals surface area contributed by atoms with Gasteiger partial charge in [0.2, 0.25) is 0 Å². The molecule has 1 fully saturated rings. The summed E-state index contributed by atoms with van der Waals surface area (Å²) in [4.78, 5) is 10.9. The van der Waals surface area contributed by atoms with Crippen molar-refractivity contribution in [1.82, 2.24) is 5.32 Å². The van der Waals surface area contributed by atoms with Crippen molar-refractivity contribution < 1.29 is 9.90 Å². The molecule has 0 spiro atoms. The number of hydrogen-bond donors (Lipinski definition) is 3. The molecule has 1 aliphatic heterocycles. The van der Waals surface area contributed by atoms with Gasteiger partial charge in [0.15, 0.2) is 0 Å². The van der Waals surface area contributed by atoms with Gasteiger partial charge in [0, 0.05) is 5.56 Å². The Morgan fingerprint density at radius 1 is 1.42 bits per heavy atom. The van der Waals surface area contributed by atoms with Crippen LogP contribution in [0.3, 0.4) is 0 Å². The number of hydrogen-bond acceptors (Lipinski definition) is 3. The molecule has 0 aromatic heterocycles. The average Bonchev–Trinajstić information content (AvgIpc) is 2.37. The minimum atomic E-state index is -0.911. The Balaban J connectivity index is 2.20. The predicted octanol–water partition coefficient (Wildman–Crippen LogP) is 1.13. The zero-order chi connectivity index (χ0) is 13.9. The van der Waals surface area contributed by atoms with Crippen LogP contribution in [-0.2, 0) is 0 Å². The highest BCUT2D eigenvalue weighted by molar-refractivity contribution is 5.89. The van der Waals surface area contributed by atoms with Crippen LogP contribution < -0.4 is 11.1 Å². The SMILES string of the molecule is Cc1cc(C#CC2(N)CCNCC2)ccc1C(=O)O. The molecule has 100 valence electrons. The number of aromatic carboxylic acids is 1. The molecule has 0 saturated carbocycles. The molecular weight excluding hydrogens is 240 g/mol. The smallest absolute Gasteiger partial charge is 0.335 e. The maximum atomic E-state index is 10.9. The van der Waals surface area contributed by atoms with Crippen LogP contribution in [0, 0.1) is 18.8 Å². The fourth-order valence-electron chi connectivity index (χ4n) is 2.18. The van der Waals surface area contributed by atoms with E-state index in [1.165, 1.54) is 0 Å². The van der Waals surface area contributed by atoms with Gasteiger partial charge in [0.05, 0.1) is 11.1 Å². The maximum absolute atomic E-state index is 10.9. The lowest BCUT2D eigenvalue weighted by Crippen LogP contribution is -2.47. The monoisotopic (exact) mass is 258 g/mol. The molecule has 4 nitrogen and oxygen atoms in total. The first kappa shape index (κ1) is 13.6. The fourth-order valence-corrected chi connectivity index (χ4v) is 2.18. The molecule has 2 rings (SSSR count). The number of aryl methyl sites for hydroxylation is 1. The van der Waals surface area contributed by atoms with Crippen LogP contribution in [0.4, 0.5) is 0 Å². The lowest BCUT2D eigenvalue weighted by Gasteiger charge is -2.28. The van der Waals surface area contributed by atoms with E-state index in [1.807, 2.05) is 0 Å². The van der Waals surface area contributed by atoms with E-state index in [4.69, 9.17) is 10.8 Å². The second kappa shape index (κ2) is 5.43. The highest BCUT2D eigenvalue weighted by Crippen LogP contribution is 2.15. The van der Waals surface area contributed by atoms with Crippen LogP contribution in [0.25, 0.3) is 0 Å². The van der Waals surface area contributed by atoms with E-state index in [0.717, 1.165) is 37.1 Å². The van der Waals surface area contributed by atoms with E-state index < -0.39 is 11.5 Å². The van der Waals surface area contributed by atoms with Gasteiger partial charge in [-0.15, -0.1) is 0 Å². The van der Waals surface area contributed by atoms with Gasteiger partial charge in [-0.1, -0.05) is 11.8 Å². The number of carbonyl (C=O) groups is 1. The Labute approximate surface area is 113 Å². The fraction of sp³-hybridized carbons (Fsp3) is 0.400. The summed E-state index contributed by atoms with van der Waals surface area (Å²) in [7, 11) is 0. The summed E-state index contributed by atoms with van der Waals surface area (Å²) in [5.41, 5.74) is 7.63. The van der Waals surface area contributed by atoms with Crippen molar-refractivity contribution in [3.05, 3.63) is 34.9 Å². The largest absolute Gasteiger partial charge is 0.478 e. The second-order valence-electron chi connectivity index (χ2n) is 4.99. The third kappa shape index (κ3) is 3.34. The Morgan fingerprint density at radius 2 is 2.11 bits per heavy atom. The molecule has 0 bridgehead atoms. The van der Waals surface area contributed by atoms with E-state index >= 15 is 0 Å². The van der Waals surface area contributed by atoms with Gasteiger partial charge in [-0.05, 0) is 56.6 Å². The third-order valence-corrected chi connectivity index (χ3v) is 3.41. The van der Waals surface area contributed by atoms with Crippen molar-refractivity contribution in [3.8, 4) is 11.8 Å². The zero-order valence-electron chi connectivity index (χ0n) is 11.0. The van der Waals surface area contributed by atoms with E-state index in [2.05, 4.69) is 17.2 Å². The van der Waals surface area contributed by atoms with Crippen LogP contribution >= 0.6 is 0 Å². The summed E-state index contributed by atoms with van der Waals surface area (Å²) in [6, 6.07) is 5.11. The average molecular weight is 258 g/mol. The number of benzene rings is 1. The molecule has 0 amide bonds. The lowest BCUT2D eigenvalue weighted by atomic mass is 9.90. The van der Waals surface area contributed by atoms with E-state index in [-0.39, 0.29) is 0 Å². The molecular formula is C15H18N2O2. The molecule has 0 radical (unpaired) electrons. The Kier molecular flexibility index (Phi) is 3.89. The number of piperidine rings is 1. The van der Waals surface area contributed by atoms with Gasteiger partial charge < -0.3 is 16.2 Å². The minimum Gasteiger partial charge on any atom is -0.478 e. The van der Waals surface area contributed by atoms with Crippen LogP contribution in [0.15, 0.2) is 18.2 Å². The first-order valence-electron chi connectivity index (χ1n) is 6.37. The summed E-state index contributed by atoms with van der Waals surface area (Å²) in [6.07, 6.45) is 1.68. The summed E-state index contributed by atoms with van der Waals surface area (Å²) >= 11 is 0. The van der Waals surface area contributed by atoms with Gasteiger partial charge in [0.25, 0.3) is 0 Å². The molecule has 1 aliphatic rings. The Morgan fingerprint density at radius 3 is 2.68 bits per heavy atom. The third-order valence-electron chi connectivity index (χ3n) is 3.41. The molecule has 0 atom stereocenters. The number of nitrogens with two attached hydrogens (primary N) is 1. The summed E-state index contributed by atoms with van der Waals surface area (Å²) in [6.45, 7) is 3.56. The van der Waals surface area contributed by atoms with Gasteiger partial charge in [-0.3, -0.25) is 0 Å². The van der Waals surface area contributed by atoms with Crippen molar-refractivity contribution >= 4 is 5.97 Å². The first-order valence-corrected chi connectivity index (χ1v) is 6.37. The van der Waals surface area contributed by atoms with Crippen molar-refractivity contribution in [2.45, 2.75) is 25.3 Å². The van der Waals surface area contributed by atoms with E-state index in [9.17, 15) is 4.79 Å². The van der Waals surface area contributed by atoms with Crippen molar-refractivity contribution in [2.75, 3.05) is 13.1 Å². The van der Waals surface area contributed by atoms with Crippen LogP contribution in [0.1, 0.15) is 34.3 Å². The molecule has 4 heteroatoms. The van der Waals surface area contributed by atoms with Gasteiger partial charge in [0.1, 0.15) is 0 Å². The zero-order valence-corrected chi connectivity index (χ0v) is 11.0. The Bertz CT molecular complexity index is 549. The molecule has 1 saturated heterocycles. The summed E-state index contributed by atoms with van der Waals surface area (Å²) in [5.74, 6) is 5.29. The molecule has 0 aliphatic carbocycles. The van der Waals surface area contributed by atoms with Crippen LogP contribution in [-0.4, -0.2) is 29.7 Å². The number of rotatable bonds is 1. The number of nitrogens with one attached hydrogen (secondary N) is 1. The van der Waals surface area contributed by atoms with Crippen molar-refractivity contribution in [2.24, 2.45) is 5.73 Å². The molecule has 1 heterocycles. The van der Waals surface area contributed by atoms with Gasteiger partial charge >= 0.3 is 5.97 Å². The molecule has 1 aromatic rings. The highest BCUT2D eigenvalue weighted by atomic mass is 16.4. The van der Waals surface area contributed by atoms with Crippen LogP contribution in [0.2, 0.25) is 0 Å².